The SMILES string of the molecule is CCn1c(CC(F)(F)F)nnc1C(C)N.Cl. The van der Waals surface area contributed by atoms with E-state index < -0.39 is 18.6 Å². The second kappa shape index (κ2) is 5.49. The molecular formula is C8H14ClF3N4. The van der Waals surface area contributed by atoms with E-state index in [2.05, 4.69) is 10.2 Å². The Morgan fingerprint density at radius 3 is 2.31 bits per heavy atom. The van der Waals surface area contributed by atoms with Crippen molar-refractivity contribution < 1.29 is 13.2 Å². The lowest BCUT2D eigenvalue weighted by Gasteiger charge is -2.10. The van der Waals surface area contributed by atoms with Crippen LogP contribution in [0.1, 0.15) is 31.5 Å². The Morgan fingerprint density at radius 1 is 1.38 bits per heavy atom. The number of alkyl halides is 3. The van der Waals surface area contributed by atoms with E-state index in [0.717, 1.165) is 0 Å². The van der Waals surface area contributed by atoms with Crippen molar-refractivity contribution in [1.29, 1.82) is 0 Å². The van der Waals surface area contributed by atoms with Crippen LogP contribution in [0.3, 0.4) is 0 Å². The molecular weight excluding hydrogens is 245 g/mol. The first-order valence-electron chi connectivity index (χ1n) is 4.59. The maximum absolute atomic E-state index is 12.2. The van der Waals surface area contributed by atoms with Crippen LogP contribution in [0, 0.1) is 0 Å². The molecule has 0 bridgehead atoms. The van der Waals surface area contributed by atoms with E-state index in [9.17, 15) is 13.2 Å². The van der Waals surface area contributed by atoms with Crippen molar-refractivity contribution in [1.82, 2.24) is 14.8 Å². The molecule has 0 aliphatic rings. The molecule has 0 amide bonds. The smallest absolute Gasteiger partial charge is 0.322 e. The van der Waals surface area contributed by atoms with Gasteiger partial charge >= 0.3 is 6.18 Å². The van der Waals surface area contributed by atoms with Crippen molar-refractivity contribution in [3.63, 3.8) is 0 Å². The molecule has 0 fully saturated rings. The Labute approximate surface area is 97.4 Å². The average molecular weight is 259 g/mol. The average Bonchev–Trinajstić information content (AvgIpc) is 2.44. The van der Waals surface area contributed by atoms with E-state index >= 15 is 0 Å². The predicted octanol–water partition coefficient (Wildman–Crippen LogP) is 1.84. The van der Waals surface area contributed by atoms with Crippen LogP contribution in [-0.4, -0.2) is 20.9 Å². The van der Waals surface area contributed by atoms with Gasteiger partial charge in [-0.3, -0.25) is 0 Å². The lowest BCUT2D eigenvalue weighted by molar-refractivity contribution is -0.129. The van der Waals surface area contributed by atoms with E-state index in [1.165, 1.54) is 4.57 Å². The summed E-state index contributed by atoms with van der Waals surface area (Å²) in [5.41, 5.74) is 5.56. The van der Waals surface area contributed by atoms with Gasteiger partial charge in [0.25, 0.3) is 0 Å². The highest BCUT2D eigenvalue weighted by Gasteiger charge is 2.31. The van der Waals surface area contributed by atoms with Crippen LogP contribution in [0.25, 0.3) is 0 Å². The molecule has 1 rings (SSSR count). The Kier molecular flexibility index (Phi) is 5.21. The van der Waals surface area contributed by atoms with Crippen molar-refractivity contribution in [2.75, 3.05) is 0 Å². The quantitative estimate of drug-likeness (QED) is 0.900. The molecule has 1 aromatic rings. The van der Waals surface area contributed by atoms with Gasteiger partial charge in [0, 0.05) is 6.54 Å². The minimum absolute atomic E-state index is 0. The third-order valence-electron chi connectivity index (χ3n) is 1.94. The second-order valence-corrected chi connectivity index (χ2v) is 3.30. The van der Waals surface area contributed by atoms with Crippen LogP contribution in [0.5, 0.6) is 0 Å². The van der Waals surface area contributed by atoms with E-state index in [1.54, 1.807) is 13.8 Å². The minimum Gasteiger partial charge on any atom is -0.322 e. The molecule has 0 saturated heterocycles. The molecule has 0 aromatic carbocycles. The van der Waals surface area contributed by atoms with Gasteiger partial charge in [-0.2, -0.15) is 13.2 Å². The minimum atomic E-state index is -4.27. The lowest BCUT2D eigenvalue weighted by Crippen LogP contribution is -2.19. The summed E-state index contributed by atoms with van der Waals surface area (Å²) in [7, 11) is 0. The fourth-order valence-electron chi connectivity index (χ4n) is 1.34. The number of hydrogen-bond acceptors (Lipinski definition) is 3. The molecule has 1 aromatic heterocycles. The van der Waals surface area contributed by atoms with Gasteiger partial charge in [-0.05, 0) is 13.8 Å². The van der Waals surface area contributed by atoms with Gasteiger partial charge < -0.3 is 10.3 Å². The zero-order valence-electron chi connectivity index (χ0n) is 8.95. The zero-order valence-corrected chi connectivity index (χ0v) is 9.77. The summed E-state index contributed by atoms with van der Waals surface area (Å²) in [6.07, 6.45) is -5.34. The Morgan fingerprint density at radius 2 is 1.94 bits per heavy atom. The highest BCUT2D eigenvalue weighted by Crippen LogP contribution is 2.21. The van der Waals surface area contributed by atoms with Gasteiger partial charge in [-0.25, -0.2) is 0 Å². The highest BCUT2D eigenvalue weighted by molar-refractivity contribution is 5.85. The molecule has 94 valence electrons. The van der Waals surface area contributed by atoms with Gasteiger partial charge in [0.05, 0.1) is 6.04 Å². The first-order valence-corrected chi connectivity index (χ1v) is 4.59. The topological polar surface area (TPSA) is 56.7 Å². The van der Waals surface area contributed by atoms with Crippen molar-refractivity contribution in [2.45, 2.75) is 39.0 Å². The van der Waals surface area contributed by atoms with Crippen LogP contribution in [0.4, 0.5) is 13.2 Å². The molecule has 0 saturated carbocycles. The summed E-state index contributed by atoms with van der Waals surface area (Å²) in [6, 6.07) is -0.417. The highest BCUT2D eigenvalue weighted by atomic mass is 35.5. The Bertz CT molecular complexity index is 335. The van der Waals surface area contributed by atoms with Crippen LogP contribution in [0.2, 0.25) is 0 Å². The van der Waals surface area contributed by atoms with Gasteiger partial charge in [0.15, 0.2) is 0 Å². The molecule has 4 nitrogen and oxygen atoms in total. The number of halogens is 4. The molecule has 1 unspecified atom stereocenters. The molecule has 0 aliphatic carbocycles. The van der Waals surface area contributed by atoms with Crippen molar-refractivity contribution in [2.24, 2.45) is 5.73 Å². The number of aromatic nitrogens is 3. The summed E-state index contributed by atoms with van der Waals surface area (Å²) >= 11 is 0. The third kappa shape index (κ3) is 3.64. The molecule has 0 radical (unpaired) electrons. The lowest BCUT2D eigenvalue weighted by atomic mass is 10.3. The second-order valence-electron chi connectivity index (χ2n) is 3.30. The largest absolute Gasteiger partial charge is 0.396 e. The molecule has 1 atom stereocenters. The molecule has 1 heterocycles. The van der Waals surface area contributed by atoms with E-state index in [1.807, 2.05) is 0 Å². The summed E-state index contributed by atoms with van der Waals surface area (Å²) < 4.78 is 37.9. The van der Waals surface area contributed by atoms with Gasteiger partial charge in [0.2, 0.25) is 0 Å². The molecule has 0 spiro atoms. The number of rotatable bonds is 3. The number of nitrogens with zero attached hydrogens (tertiary/aromatic N) is 3. The summed E-state index contributed by atoms with van der Waals surface area (Å²) in [5.74, 6) is 0.300. The van der Waals surface area contributed by atoms with Gasteiger partial charge in [-0.1, -0.05) is 0 Å². The first kappa shape index (κ1) is 15.2. The fourth-order valence-corrected chi connectivity index (χ4v) is 1.34. The van der Waals surface area contributed by atoms with Crippen LogP contribution in [-0.2, 0) is 13.0 Å². The van der Waals surface area contributed by atoms with Crippen LogP contribution >= 0.6 is 12.4 Å². The van der Waals surface area contributed by atoms with Gasteiger partial charge in [-0.15, -0.1) is 22.6 Å². The zero-order chi connectivity index (χ0) is 11.6. The molecule has 2 N–H and O–H groups in total. The molecule has 0 aliphatic heterocycles. The predicted molar refractivity (Wildman–Crippen MR) is 55.3 cm³/mol. The molecule has 8 heteroatoms. The van der Waals surface area contributed by atoms with E-state index in [0.29, 0.717) is 12.4 Å². The summed E-state index contributed by atoms with van der Waals surface area (Å²) in [4.78, 5) is 0. The maximum atomic E-state index is 12.2. The van der Waals surface area contributed by atoms with E-state index in [4.69, 9.17) is 5.73 Å². The summed E-state index contributed by atoms with van der Waals surface area (Å²) in [6.45, 7) is 3.78. The van der Waals surface area contributed by atoms with Crippen LogP contribution in [0.15, 0.2) is 0 Å². The van der Waals surface area contributed by atoms with Crippen molar-refractivity contribution in [3.05, 3.63) is 11.6 Å². The number of hydrogen-bond donors (Lipinski definition) is 1. The van der Waals surface area contributed by atoms with Gasteiger partial charge in [0.1, 0.15) is 18.1 Å². The summed E-state index contributed by atoms with van der Waals surface area (Å²) in [5, 5.41) is 7.17. The fraction of sp³-hybridized carbons (Fsp3) is 0.750. The standard InChI is InChI=1S/C8H13F3N4.ClH/c1-3-15-6(4-8(9,10)11)13-14-7(15)5(2)12;/h5H,3-4,12H2,1-2H3;1H. The normalized spacial score (nSPS) is 13.4. The van der Waals surface area contributed by atoms with Crippen molar-refractivity contribution in [3.8, 4) is 0 Å². The Hall–Kier alpha value is -0.820. The van der Waals surface area contributed by atoms with Crippen molar-refractivity contribution >= 4 is 12.4 Å². The molecule has 16 heavy (non-hydrogen) atoms. The van der Waals surface area contributed by atoms with Crippen LogP contribution < -0.4 is 5.73 Å². The first-order chi connectivity index (χ1) is 6.85. The maximum Gasteiger partial charge on any atom is 0.396 e. The van der Waals surface area contributed by atoms with E-state index in [-0.39, 0.29) is 18.2 Å². The monoisotopic (exact) mass is 258 g/mol. The third-order valence-corrected chi connectivity index (χ3v) is 1.94. The number of nitrogens with two attached hydrogens (primary N) is 1. The Balaban J connectivity index is 0.00000225.